The number of likely N-dealkylation sites (tertiary alicyclic amines) is 1. The molecule has 1 saturated heterocycles. The normalized spacial score (nSPS) is 15.2. The quantitative estimate of drug-likeness (QED) is 0.535. The number of hydrogen-bond donors (Lipinski definition) is 0. The molecule has 0 aliphatic carbocycles. The van der Waals surface area contributed by atoms with Crippen LogP contribution in [0.1, 0.15) is 44.0 Å². The maximum Gasteiger partial charge on any atom is 0.276 e. The van der Waals surface area contributed by atoms with Gasteiger partial charge in [0, 0.05) is 49.1 Å². The molecule has 2 aromatic heterocycles. The third-order valence-corrected chi connectivity index (χ3v) is 6.07. The molecule has 7 heteroatoms. The molecule has 0 bridgehead atoms. The first kappa shape index (κ1) is 21.3. The lowest BCUT2D eigenvalue weighted by Gasteiger charge is -2.31. The van der Waals surface area contributed by atoms with E-state index in [0.29, 0.717) is 11.8 Å². The molecule has 7 nitrogen and oxygen atoms in total. The van der Waals surface area contributed by atoms with Crippen LogP contribution in [0.2, 0.25) is 0 Å². The molecule has 0 radical (unpaired) electrons. The van der Waals surface area contributed by atoms with E-state index < -0.39 is 0 Å². The molecule has 3 heterocycles. The Balaban J connectivity index is 1.37. The molecule has 1 aromatic carbocycles. The summed E-state index contributed by atoms with van der Waals surface area (Å²) in [6, 6.07) is 12.3. The fourth-order valence-corrected chi connectivity index (χ4v) is 4.23. The van der Waals surface area contributed by atoms with Crippen LogP contribution in [0.4, 0.5) is 5.69 Å². The Morgan fingerprint density at radius 3 is 2.61 bits per heavy atom. The number of aromatic nitrogens is 3. The first-order chi connectivity index (χ1) is 15.2. The second kappa shape index (κ2) is 9.92. The summed E-state index contributed by atoms with van der Waals surface area (Å²) in [5.74, 6) is 2.58. The summed E-state index contributed by atoms with van der Waals surface area (Å²) in [4.78, 5) is 13.7. The highest BCUT2D eigenvalue weighted by Crippen LogP contribution is 2.31. The van der Waals surface area contributed by atoms with Crippen molar-refractivity contribution in [3.05, 3.63) is 54.0 Å². The lowest BCUT2D eigenvalue weighted by molar-refractivity contribution is 0.198. The van der Waals surface area contributed by atoms with E-state index in [-0.39, 0.29) is 0 Å². The van der Waals surface area contributed by atoms with Crippen molar-refractivity contribution in [1.82, 2.24) is 20.0 Å². The minimum absolute atomic E-state index is 0.324. The molecule has 4 rings (SSSR count). The van der Waals surface area contributed by atoms with Gasteiger partial charge in [-0.25, -0.2) is 0 Å². The highest BCUT2D eigenvalue weighted by Gasteiger charge is 2.25. The van der Waals surface area contributed by atoms with E-state index in [0.717, 1.165) is 62.8 Å². The summed E-state index contributed by atoms with van der Waals surface area (Å²) in [6.45, 7) is 9.22. The Bertz CT molecular complexity index is 963. The van der Waals surface area contributed by atoms with E-state index in [2.05, 4.69) is 57.0 Å². The predicted molar refractivity (Wildman–Crippen MR) is 121 cm³/mol. The Labute approximate surface area is 184 Å². The molecule has 31 heavy (non-hydrogen) atoms. The zero-order chi connectivity index (χ0) is 21.6. The zero-order valence-corrected chi connectivity index (χ0v) is 18.6. The Hall–Kier alpha value is -2.93. The Morgan fingerprint density at radius 2 is 1.94 bits per heavy atom. The number of pyridine rings is 1. The average Bonchev–Trinajstić information content (AvgIpc) is 3.32. The van der Waals surface area contributed by atoms with Gasteiger partial charge in [0.1, 0.15) is 11.4 Å². The maximum absolute atomic E-state index is 5.71. The topological polar surface area (TPSA) is 67.5 Å². The van der Waals surface area contributed by atoms with Crippen molar-refractivity contribution in [2.45, 2.75) is 39.2 Å². The summed E-state index contributed by atoms with van der Waals surface area (Å²) < 4.78 is 11.2. The molecule has 1 fully saturated rings. The van der Waals surface area contributed by atoms with E-state index >= 15 is 0 Å². The van der Waals surface area contributed by atoms with Gasteiger partial charge in [0.25, 0.3) is 5.89 Å². The van der Waals surface area contributed by atoms with Crippen LogP contribution < -0.4 is 9.64 Å². The van der Waals surface area contributed by atoms with Gasteiger partial charge in [-0.2, -0.15) is 4.98 Å². The standard InChI is InChI=1S/C24H31N5O2/c1-4-29(5-2)20-10-9-19(22(16-20)30-3)17-28-14-11-18(12-15-28)23-26-24(31-27-23)21-8-6-7-13-25-21/h6-10,13,16,18H,4-5,11-12,14-15,17H2,1-3H3. The fourth-order valence-electron chi connectivity index (χ4n) is 4.23. The highest BCUT2D eigenvalue weighted by atomic mass is 16.5. The van der Waals surface area contributed by atoms with Crippen molar-refractivity contribution < 1.29 is 9.26 Å². The molecule has 0 spiro atoms. The number of rotatable bonds is 8. The van der Waals surface area contributed by atoms with Gasteiger partial charge in [-0.15, -0.1) is 0 Å². The van der Waals surface area contributed by atoms with Crippen molar-refractivity contribution in [2.75, 3.05) is 38.2 Å². The van der Waals surface area contributed by atoms with Crippen molar-refractivity contribution >= 4 is 5.69 Å². The zero-order valence-electron chi connectivity index (χ0n) is 18.6. The molecule has 0 unspecified atom stereocenters. The van der Waals surface area contributed by atoms with Crippen molar-refractivity contribution in [3.63, 3.8) is 0 Å². The molecule has 0 N–H and O–H groups in total. The van der Waals surface area contributed by atoms with E-state index in [9.17, 15) is 0 Å². The third kappa shape index (κ3) is 4.88. The first-order valence-corrected chi connectivity index (χ1v) is 11.1. The number of anilines is 1. The van der Waals surface area contributed by atoms with Crippen LogP contribution in [0.3, 0.4) is 0 Å². The smallest absolute Gasteiger partial charge is 0.276 e. The van der Waals surface area contributed by atoms with Crippen LogP contribution in [-0.4, -0.2) is 53.3 Å². The lowest BCUT2D eigenvalue weighted by Crippen LogP contribution is -2.33. The predicted octanol–water partition coefficient (Wildman–Crippen LogP) is 4.37. The highest BCUT2D eigenvalue weighted by molar-refractivity contribution is 5.53. The van der Waals surface area contributed by atoms with Crippen LogP contribution in [0.5, 0.6) is 5.75 Å². The van der Waals surface area contributed by atoms with Gasteiger partial charge < -0.3 is 14.2 Å². The number of nitrogens with zero attached hydrogens (tertiary/aromatic N) is 5. The monoisotopic (exact) mass is 421 g/mol. The van der Waals surface area contributed by atoms with Crippen LogP contribution in [0.15, 0.2) is 47.1 Å². The summed E-state index contributed by atoms with van der Waals surface area (Å²) in [5, 5.41) is 4.23. The average molecular weight is 422 g/mol. The van der Waals surface area contributed by atoms with Gasteiger partial charge in [0.05, 0.1) is 7.11 Å². The van der Waals surface area contributed by atoms with Crippen molar-refractivity contribution in [3.8, 4) is 17.3 Å². The van der Waals surface area contributed by atoms with Gasteiger partial charge in [-0.3, -0.25) is 9.88 Å². The lowest BCUT2D eigenvalue weighted by atomic mass is 9.95. The summed E-state index contributed by atoms with van der Waals surface area (Å²) in [7, 11) is 1.76. The second-order valence-corrected chi connectivity index (χ2v) is 7.89. The van der Waals surface area contributed by atoms with Gasteiger partial charge in [-0.05, 0) is 58.0 Å². The molecule has 0 amide bonds. The second-order valence-electron chi connectivity index (χ2n) is 7.89. The number of ether oxygens (including phenoxy) is 1. The van der Waals surface area contributed by atoms with E-state index in [4.69, 9.17) is 9.26 Å². The molecule has 3 aromatic rings. The summed E-state index contributed by atoms with van der Waals surface area (Å²) in [6.07, 6.45) is 3.77. The number of hydrogen-bond acceptors (Lipinski definition) is 7. The molecule has 1 aliphatic heterocycles. The summed E-state index contributed by atoms with van der Waals surface area (Å²) in [5.41, 5.74) is 3.16. The van der Waals surface area contributed by atoms with Gasteiger partial charge in [0.2, 0.25) is 0 Å². The van der Waals surface area contributed by atoms with Crippen molar-refractivity contribution in [2.24, 2.45) is 0 Å². The Kier molecular flexibility index (Phi) is 6.82. The van der Waals surface area contributed by atoms with Crippen molar-refractivity contribution in [1.29, 1.82) is 0 Å². The molecule has 164 valence electrons. The number of benzene rings is 1. The molecule has 1 aliphatic rings. The van der Waals surface area contributed by atoms with E-state index in [1.807, 2.05) is 18.2 Å². The third-order valence-electron chi connectivity index (χ3n) is 6.07. The Morgan fingerprint density at radius 1 is 1.13 bits per heavy atom. The van der Waals surface area contributed by atoms with Gasteiger partial charge in [0.15, 0.2) is 5.82 Å². The van der Waals surface area contributed by atoms with E-state index in [1.54, 1.807) is 13.3 Å². The fraction of sp³-hybridized carbons (Fsp3) is 0.458. The van der Waals surface area contributed by atoms with Crippen LogP contribution in [0, 0.1) is 0 Å². The van der Waals surface area contributed by atoms with E-state index in [1.165, 1.54) is 11.3 Å². The summed E-state index contributed by atoms with van der Waals surface area (Å²) >= 11 is 0. The number of methoxy groups -OCH3 is 1. The maximum atomic E-state index is 5.71. The molecular weight excluding hydrogens is 390 g/mol. The van der Waals surface area contributed by atoms with Crippen LogP contribution >= 0.6 is 0 Å². The SMILES string of the molecule is CCN(CC)c1ccc(CN2CCC(c3noc(-c4ccccn4)n3)CC2)c(OC)c1. The van der Waals surface area contributed by atoms with Crippen LogP contribution in [0.25, 0.3) is 11.6 Å². The first-order valence-electron chi connectivity index (χ1n) is 11.1. The minimum atomic E-state index is 0.324. The molecule has 0 saturated carbocycles. The van der Waals surface area contributed by atoms with Crippen LogP contribution in [-0.2, 0) is 6.54 Å². The molecule has 0 atom stereocenters. The molecular formula is C24H31N5O2. The van der Waals surface area contributed by atoms with Gasteiger partial charge in [-0.1, -0.05) is 17.3 Å². The largest absolute Gasteiger partial charge is 0.496 e. The van der Waals surface area contributed by atoms with Gasteiger partial charge >= 0.3 is 0 Å². The number of piperidine rings is 1. The minimum Gasteiger partial charge on any atom is -0.496 e.